The first-order valence-electron chi connectivity index (χ1n) is 12.1. The van der Waals surface area contributed by atoms with Crippen molar-refractivity contribution in [2.24, 2.45) is 5.92 Å². The highest BCUT2D eigenvalue weighted by Crippen LogP contribution is 2.35. The summed E-state index contributed by atoms with van der Waals surface area (Å²) in [5, 5.41) is 3.21. The summed E-state index contributed by atoms with van der Waals surface area (Å²) in [4.78, 5) is 29.2. The number of carbonyl (C=O) groups is 2. The highest BCUT2D eigenvalue weighted by Gasteiger charge is 2.37. The number of likely N-dealkylation sites (N-methyl/N-ethyl adjacent to an activating group) is 1. The number of hydrogen-bond acceptors (Lipinski definition) is 3. The van der Waals surface area contributed by atoms with Gasteiger partial charge in [0.25, 0.3) is 0 Å². The van der Waals surface area contributed by atoms with Crippen LogP contribution in [0.4, 0.5) is 0 Å². The van der Waals surface area contributed by atoms with Gasteiger partial charge in [-0.15, -0.1) is 0 Å². The number of piperidine rings is 1. The van der Waals surface area contributed by atoms with E-state index in [0.29, 0.717) is 18.8 Å². The summed E-state index contributed by atoms with van der Waals surface area (Å²) in [6.45, 7) is 6.08. The minimum atomic E-state index is 0.0276. The Kier molecular flexibility index (Phi) is 8.15. The highest BCUT2D eigenvalue weighted by atomic mass is 16.2. The van der Waals surface area contributed by atoms with Crippen molar-refractivity contribution < 1.29 is 9.59 Å². The molecule has 2 fully saturated rings. The zero-order valence-corrected chi connectivity index (χ0v) is 20.0. The van der Waals surface area contributed by atoms with Crippen LogP contribution in [0.2, 0.25) is 0 Å². The van der Waals surface area contributed by atoms with Gasteiger partial charge >= 0.3 is 0 Å². The average Bonchev–Trinajstić information content (AvgIpc) is 2.74. The molecule has 5 heteroatoms. The molecule has 5 nitrogen and oxygen atoms in total. The number of amides is 2. The predicted molar refractivity (Wildman–Crippen MR) is 126 cm³/mol. The smallest absolute Gasteiger partial charge is 0.223 e. The second-order valence-electron chi connectivity index (χ2n) is 10.2. The maximum Gasteiger partial charge on any atom is 0.223 e. The lowest BCUT2D eigenvalue weighted by atomic mass is 9.74. The van der Waals surface area contributed by atoms with Crippen LogP contribution in [-0.4, -0.2) is 60.4 Å². The largest absolute Gasteiger partial charge is 0.353 e. The molecule has 1 aliphatic carbocycles. The molecule has 0 atom stereocenters. The van der Waals surface area contributed by atoms with Gasteiger partial charge in [0.05, 0.1) is 0 Å². The zero-order chi connectivity index (χ0) is 22.4. The Balaban J connectivity index is 1.44. The van der Waals surface area contributed by atoms with Crippen LogP contribution in [0, 0.1) is 12.8 Å². The average molecular weight is 428 g/mol. The number of aryl methyl sites for hydroxylation is 1. The molecule has 1 saturated heterocycles. The number of nitrogens with zero attached hydrogens (tertiary/aromatic N) is 2. The van der Waals surface area contributed by atoms with Crippen molar-refractivity contribution in [3.8, 4) is 0 Å². The third kappa shape index (κ3) is 6.55. The van der Waals surface area contributed by atoms with Crippen molar-refractivity contribution in [3.63, 3.8) is 0 Å². The summed E-state index contributed by atoms with van der Waals surface area (Å²) in [5.74, 6) is 0.870. The summed E-state index contributed by atoms with van der Waals surface area (Å²) < 4.78 is 0. The Hall–Kier alpha value is -1.88. The van der Waals surface area contributed by atoms with Crippen LogP contribution in [0.5, 0.6) is 0 Å². The SMILES string of the molecule is Cc1cccc(CC2(N(C)C)CCC(NC(=O)CCC(=O)N3CCC(C)CC3)CC2)c1. The van der Waals surface area contributed by atoms with Crippen molar-refractivity contribution >= 4 is 11.8 Å². The number of carbonyl (C=O) groups excluding carboxylic acids is 2. The summed E-state index contributed by atoms with van der Waals surface area (Å²) >= 11 is 0. The van der Waals surface area contributed by atoms with Gasteiger partial charge in [0.15, 0.2) is 0 Å². The van der Waals surface area contributed by atoms with Crippen LogP contribution in [0.1, 0.15) is 69.4 Å². The lowest BCUT2D eigenvalue weighted by Gasteiger charge is -2.45. The minimum Gasteiger partial charge on any atom is -0.353 e. The fourth-order valence-corrected chi connectivity index (χ4v) is 5.22. The Morgan fingerprint density at radius 2 is 1.77 bits per heavy atom. The molecule has 1 aliphatic heterocycles. The van der Waals surface area contributed by atoms with E-state index in [0.717, 1.165) is 58.0 Å². The molecule has 1 N–H and O–H groups in total. The van der Waals surface area contributed by atoms with Gasteiger partial charge in [-0.25, -0.2) is 0 Å². The molecule has 1 heterocycles. The molecule has 0 aromatic heterocycles. The van der Waals surface area contributed by atoms with Gasteiger partial charge in [-0.1, -0.05) is 36.8 Å². The summed E-state index contributed by atoms with van der Waals surface area (Å²) in [5.41, 5.74) is 2.85. The van der Waals surface area contributed by atoms with E-state index >= 15 is 0 Å². The second-order valence-corrected chi connectivity index (χ2v) is 10.2. The normalized spacial score (nSPS) is 24.9. The molecule has 1 aromatic rings. The molecule has 2 amide bonds. The van der Waals surface area contributed by atoms with Crippen LogP contribution in [0.3, 0.4) is 0 Å². The molecule has 0 unspecified atom stereocenters. The van der Waals surface area contributed by atoms with Crippen LogP contribution in [-0.2, 0) is 16.0 Å². The third-order valence-corrected chi connectivity index (χ3v) is 7.55. The minimum absolute atomic E-state index is 0.0276. The first kappa shape index (κ1) is 23.8. The molecule has 1 saturated carbocycles. The molecule has 0 spiro atoms. The topological polar surface area (TPSA) is 52.7 Å². The third-order valence-electron chi connectivity index (χ3n) is 7.55. The van der Waals surface area contributed by atoms with Gasteiger partial charge in [-0.05, 0) is 77.4 Å². The van der Waals surface area contributed by atoms with Gasteiger partial charge in [0, 0.05) is 37.5 Å². The molecule has 0 radical (unpaired) electrons. The van der Waals surface area contributed by atoms with E-state index in [4.69, 9.17) is 0 Å². The van der Waals surface area contributed by atoms with Crippen molar-refractivity contribution in [1.29, 1.82) is 0 Å². The van der Waals surface area contributed by atoms with Crippen molar-refractivity contribution in [1.82, 2.24) is 15.1 Å². The van der Waals surface area contributed by atoms with E-state index in [1.54, 1.807) is 0 Å². The van der Waals surface area contributed by atoms with Crippen LogP contribution in [0.25, 0.3) is 0 Å². The summed E-state index contributed by atoms with van der Waals surface area (Å²) in [7, 11) is 4.36. The van der Waals surface area contributed by atoms with E-state index < -0.39 is 0 Å². The summed E-state index contributed by atoms with van der Waals surface area (Å²) in [6, 6.07) is 9.04. The molecule has 3 rings (SSSR count). The van der Waals surface area contributed by atoms with Crippen LogP contribution < -0.4 is 5.32 Å². The molecule has 31 heavy (non-hydrogen) atoms. The standard InChI is InChI=1S/C26H41N3O2/c1-20-12-16-29(17-13-20)25(31)9-8-24(30)27-23-10-14-26(15-11-23,28(3)4)19-22-7-5-6-21(2)18-22/h5-7,18,20,23H,8-17,19H2,1-4H3,(H,27,30). The zero-order valence-electron chi connectivity index (χ0n) is 20.0. The number of nitrogens with one attached hydrogen (secondary N) is 1. The Morgan fingerprint density at radius 1 is 1.10 bits per heavy atom. The van der Waals surface area contributed by atoms with Crippen LogP contribution in [0.15, 0.2) is 24.3 Å². The predicted octanol–water partition coefficient (Wildman–Crippen LogP) is 3.94. The maximum atomic E-state index is 12.5. The second kappa shape index (κ2) is 10.6. The lowest BCUT2D eigenvalue weighted by molar-refractivity contribution is -0.135. The first-order chi connectivity index (χ1) is 14.8. The van der Waals surface area contributed by atoms with E-state index in [-0.39, 0.29) is 23.4 Å². The maximum absolute atomic E-state index is 12.5. The molecule has 1 aromatic carbocycles. The van der Waals surface area contributed by atoms with E-state index in [1.807, 2.05) is 4.90 Å². The van der Waals surface area contributed by atoms with Crippen molar-refractivity contribution in [3.05, 3.63) is 35.4 Å². The first-order valence-corrected chi connectivity index (χ1v) is 12.1. The Labute approximate surface area is 188 Å². The van der Waals surface area contributed by atoms with Crippen molar-refractivity contribution in [2.75, 3.05) is 27.2 Å². The number of likely N-dealkylation sites (tertiary alicyclic amines) is 1. The fourth-order valence-electron chi connectivity index (χ4n) is 5.22. The Bertz CT molecular complexity index is 745. The number of hydrogen-bond donors (Lipinski definition) is 1. The van der Waals surface area contributed by atoms with Gasteiger partial charge in [0.1, 0.15) is 0 Å². The van der Waals surface area contributed by atoms with Crippen molar-refractivity contribution in [2.45, 2.75) is 83.2 Å². The van der Waals surface area contributed by atoms with Gasteiger partial charge in [-0.2, -0.15) is 0 Å². The molecular weight excluding hydrogens is 386 g/mol. The summed E-state index contributed by atoms with van der Waals surface area (Å²) in [6.07, 6.45) is 7.98. The molecule has 0 bridgehead atoms. The fraction of sp³-hybridized carbons (Fsp3) is 0.692. The Morgan fingerprint density at radius 3 is 2.39 bits per heavy atom. The van der Waals surface area contributed by atoms with Crippen LogP contribution >= 0.6 is 0 Å². The van der Waals surface area contributed by atoms with E-state index in [9.17, 15) is 9.59 Å². The van der Waals surface area contributed by atoms with E-state index in [2.05, 4.69) is 62.4 Å². The van der Waals surface area contributed by atoms with Gasteiger partial charge in [0.2, 0.25) is 11.8 Å². The van der Waals surface area contributed by atoms with E-state index in [1.165, 1.54) is 11.1 Å². The highest BCUT2D eigenvalue weighted by molar-refractivity contribution is 5.84. The number of benzene rings is 1. The molecule has 172 valence electrons. The van der Waals surface area contributed by atoms with Gasteiger partial charge < -0.3 is 15.1 Å². The quantitative estimate of drug-likeness (QED) is 0.717. The monoisotopic (exact) mass is 427 g/mol. The number of rotatable bonds is 7. The lowest BCUT2D eigenvalue weighted by Crippen LogP contribution is -2.52. The molecule has 2 aliphatic rings. The molecular formula is C26H41N3O2. The van der Waals surface area contributed by atoms with Gasteiger partial charge in [-0.3, -0.25) is 9.59 Å².